The van der Waals surface area contributed by atoms with Gasteiger partial charge >= 0.3 is 6.03 Å². The van der Waals surface area contributed by atoms with Crippen molar-refractivity contribution in [2.24, 2.45) is 5.92 Å². The van der Waals surface area contributed by atoms with Crippen molar-refractivity contribution in [2.45, 2.75) is 37.3 Å². The number of fused-ring (bicyclic) bond motifs is 1. The summed E-state index contributed by atoms with van der Waals surface area (Å²) in [4.78, 5) is 27.9. The van der Waals surface area contributed by atoms with Gasteiger partial charge in [-0.25, -0.2) is 13.2 Å². The van der Waals surface area contributed by atoms with Crippen LogP contribution in [0.25, 0.3) is 0 Å². The normalized spacial score (nSPS) is 17.7. The number of methoxy groups -OCH3 is 2. The number of carbonyl (C=O) groups is 2. The number of hydrogen-bond donors (Lipinski definition) is 3. The summed E-state index contributed by atoms with van der Waals surface area (Å²) < 4.78 is 44.9. The highest BCUT2D eigenvalue weighted by Gasteiger charge is 2.33. The third-order valence-corrected chi connectivity index (χ3v) is 9.56. The maximum absolute atomic E-state index is 13.5. The van der Waals surface area contributed by atoms with Gasteiger partial charge in [-0.1, -0.05) is 6.92 Å². The number of anilines is 2. The molecule has 0 radical (unpaired) electrons. The van der Waals surface area contributed by atoms with Crippen molar-refractivity contribution in [3.63, 3.8) is 0 Å². The highest BCUT2D eigenvalue weighted by Crippen LogP contribution is 2.30. The van der Waals surface area contributed by atoms with Crippen LogP contribution >= 0.6 is 0 Å². The van der Waals surface area contributed by atoms with Gasteiger partial charge in [0.05, 0.1) is 44.7 Å². The molecule has 3 aromatic rings. The van der Waals surface area contributed by atoms with Crippen LogP contribution in [0.4, 0.5) is 16.2 Å². The Bertz CT molecular complexity index is 1580. The number of carbonyl (C=O) groups excluding carboxylic acids is 2. The number of urea groups is 1. The lowest BCUT2D eigenvalue weighted by molar-refractivity contribution is -0.134. The summed E-state index contributed by atoms with van der Waals surface area (Å²) >= 11 is 0. The van der Waals surface area contributed by atoms with Crippen molar-refractivity contribution < 1.29 is 37.3 Å². The van der Waals surface area contributed by atoms with Crippen LogP contribution in [0.1, 0.15) is 19.4 Å². The van der Waals surface area contributed by atoms with Gasteiger partial charge in [-0.3, -0.25) is 4.79 Å². The van der Waals surface area contributed by atoms with Gasteiger partial charge in [-0.2, -0.15) is 4.31 Å². The molecule has 0 aromatic heterocycles. The summed E-state index contributed by atoms with van der Waals surface area (Å²) in [6.07, 6.45) is -0.701. The molecule has 0 unspecified atom stereocenters. The van der Waals surface area contributed by atoms with E-state index >= 15 is 0 Å². The summed E-state index contributed by atoms with van der Waals surface area (Å²) in [7, 11) is 0.671. The van der Waals surface area contributed by atoms with Gasteiger partial charge in [0, 0.05) is 36.4 Å². The molecule has 0 aliphatic carbocycles. The second kappa shape index (κ2) is 14.6. The molecular formula is C32H40N4O8S. The predicted octanol–water partition coefficient (Wildman–Crippen LogP) is 3.82. The summed E-state index contributed by atoms with van der Waals surface area (Å²) in [6.45, 7) is 3.63. The zero-order valence-electron chi connectivity index (χ0n) is 26.0. The van der Waals surface area contributed by atoms with Crippen molar-refractivity contribution in [3.8, 4) is 17.2 Å². The van der Waals surface area contributed by atoms with Crippen molar-refractivity contribution in [1.29, 1.82) is 0 Å². The van der Waals surface area contributed by atoms with E-state index in [2.05, 4.69) is 10.6 Å². The lowest BCUT2D eigenvalue weighted by atomic mass is 10.0. The number of amides is 3. The number of hydrogen-bond acceptors (Lipinski definition) is 8. The van der Waals surface area contributed by atoms with Gasteiger partial charge in [-0.15, -0.1) is 0 Å². The van der Waals surface area contributed by atoms with E-state index in [0.717, 1.165) is 0 Å². The van der Waals surface area contributed by atoms with Crippen molar-refractivity contribution >= 4 is 33.3 Å². The number of nitrogens with zero attached hydrogens (tertiary/aromatic N) is 2. The molecule has 0 saturated carbocycles. The molecule has 12 nitrogen and oxygen atoms in total. The van der Waals surface area contributed by atoms with E-state index in [1.165, 1.54) is 30.6 Å². The Hall–Kier alpha value is -4.33. The van der Waals surface area contributed by atoms with E-state index in [-0.39, 0.29) is 42.8 Å². The average Bonchev–Trinajstić information content (AvgIpc) is 3.08. The summed E-state index contributed by atoms with van der Waals surface area (Å²) in [6, 6.07) is 17.0. The molecular weight excluding hydrogens is 600 g/mol. The fourth-order valence-corrected chi connectivity index (χ4v) is 6.16. The number of rotatable bonds is 10. The Balaban J connectivity index is 1.59. The van der Waals surface area contributed by atoms with Crippen LogP contribution in [0, 0.1) is 5.92 Å². The Kier molecular flexibility index (Phi) is 10.9. The molecule has 13 heteroatoms. The van der Waals surface area contributed by atoms with Gasteiger partial charge in [0.25, 0.3) is 0 Å². The fourth-order valence-electron chi connectivity index (χ4n) is 4.97. The molecule has 0 bridgehead atoms. The molecule has 0 spiro atoms. The number of aliphatic hydroxyl groups excluding tert-OH is 1. The van der Waals surface area contributed by atoms with Crippen LogP contribution in [-0.2, 0) is 21.2 Å². The molecule has 3 aromatic carbocycles. The summed E-state index contributed by atoms with van der Waals surface area (Å²) in [5.74, 6) is 1.06. The minimum absolute atomic E-state index is 0.00518. The largest absolute Gasteiger partial charge is 0.497 e. The zero-order chi connectivity index (χ0) is 32.7. The lowest BCUT2D eigenvalue weighted by Gasteiger charge is -2.33. The number of nitrogens with one attached hydrogen (secondary N) is 2. The van der Waals surface area contributed by atoms with E-state index < -0.39 is 28.2 Å². The number of aliphatic hydroxyl groups is 1. The van der Waals surface area contributed by atoms with Crippen LogP contribution in [-0.4, -0.2) is 87.8 Å². The van der Waals surface area contributed by atoms with Crippen LogP contribution in [0.3, 0.4) is 0 Å². The minimum atomic E-state index is -3.87. The summed E-state index contributed by atoms with van der Waals surface area (Å²) in [5.41, 5.74) is 1.51. The Morgan fingerprint density at radius 1 is 1.02 bits per heavy atom. The summed E-state index contributed by atoms with van der Waals surface area (Å²) in [5, 5.41) is 15.4. The van der Waals surface area contributed by atoms with Crippen LogP contribution in [0.15, 0.2) is 71.6 Å². The minimum Gasteiger partial charge on any atom is -0.497 e. The van der Waals surface area contributed by atoms with E-state index in [0.29, 0.717) is 34.2 Å². The van der Waals surface area contributed by atoms with Gasteiger partial charge in [0.2, 0.25) is 15.9 Å². The highest BCUT2D eigenvalue weighted by atomic mass is 32.2. The molecule has 0 fully saturated rings. The number of likely N-dealkylation sites (N-methyl/N-ethyl adjacent to an activating group) is 1. The topological polar surface area (TPSA) is 147 Å². The third kappa shape index (κ3) is 8.24. The van der Waals surface area contributed by atoms with E-state index in [9.17, 15) is 23.1 Å². The monoisotopic (exact) mass is 640 g/mol. The molecule has 45 heavy (non-hydrogen) atoms. The first-order valence-corrected chi connectivity index (χ1v) is 15.9. The predicted molar refractivity (Wildman–Crippen MR) is 170 cm³/mol. The first-order chi connectivity index (χ1) is 21.4. The number of benzene rings is 3. The third-order valence-electron chi connectivity index (χ3n) is 7.73. The van der Waals surface area contributed by atoms with Gasteiger partial charge < -0.3 is 34.9 Å². The Morgan fingerprint density at radius 2 is 1.60 bits per heavy atom. The highest BCUT2D eigenvalue weighted by molar-refractivity contribution is 7.89. The zero-order valence-corrected chi connectivity index (χ0v) is 26.8. The molecule has 3 amide bonds. The van der Waals surface area contributed by atoms with Crippen molar-refractivity contribution in [1.82, 2.24) is 9.21 Å². The van der Waals surface area contributed by atoms with E-state index in [4.69, 9.17) is 14.2 Å². The lowest BCUT2D eigenvalue weighted by Crippen LogP contribution is -2.48. The Labute approximate surface area is 263 Å². The number of ether oxygens (including phenoxy) is 3. The van der Waals surface area contributed by atoms with E-state index in [1.54, 1.807) is 73.5 Å². The molecule has 1 aliphatic rings. The standard InChI is InChI=1S/C32H40N4O8S/c1-21-18-36(22(2)20-37)31(38)17-23-16-25(34-32(39)33-24-6-9-26(42-4)10-7-24)8-15-29(23)44-30(21)19-35(3)45(40,41)28-13-11-27(43-5)12-14-28/h6-16,21-22,30,37H,17-20H2,1-5H3,(H2,33,34,39)/t21-,22+,30+/m1/s1. The molecule has 4 rings (SSSR count). The van der Waals surface area contributed by atoms with Crippen LogP contribution in [0.5, 0.6) is 17.2 Å². The van der Waals surface area contributed by atoms with Gasteiger partial charge in [0.15, 0.2) is 0 Å². The molecule has 3 N–H and O–H groups in total. The molecule has 1 heterocycles. The van der Waals surface area contributed by atoms with Crippen LogP contribution in [0.2, 0.25) is 0 Å². The molecule has 242 valence electrons. The second-order valence-corrected chi connectivity index (χ2v) is 13.0. The molecule has 1 aliphatic heterocycles. The maximum atomic E-state index is 13.5. The molecule has 0 saturated heterocycles. The SMILES string of the molecule is COc1ccc(NC(=O)Nc2ccc3c(c2)CC(=O)N([C@@H](C)CO)C[C@@H](C)[C@H](CN(C)S(=O)(=O)c2ccc(OC)cc2)O3)cc1. The van der Waals surface area contributed by atoms with E-state index in [1.807, 2.05) is 6.92 Å². The average molecular weight is 641 g/mol. The van der Waals surface area contributed by atoms with Crippen molar-refractivity contribution in [2.75, 3.05) is 51.6 Å². The van der Waals surface area contributed by atoms with Crippen molar-refractivity contribution in [3.05, 3.63) is 72.3 Å². The smallest absolute Gasteiger partial charge is 0.323 e. The second-order valence-electron chi connectivity index (χ2n) is 11.0. The van der Waals surface area contributed by atoms with Gasteiger partial charge in [0.1, 0.15) is 23.4 Å². The Morgan fingerprint density at radius 3 is 2.20 bits per heavy atom. The maximum Gasteiger partial charge on any atom is 0.323 e. The van der Waals surface area contributed by atoms with Crippen LogP contribution < -0.4 is 24.8 Å². The first-order valence-electron chi connectivity index (χ1n) is 14.5. The number of sulfonamides is 1. The fraction of sp³-hybridized carbons (Fsp3) is 0.375. The van der Waals surface area contributed by atoms with Gasteiger partial charge in [-0.05, 0) is 73.7 Å². The quantitative estimate of drug-likeness (QED) is 0.303. The molecule has 3 atom stereocenters. The first kappa shape index (κ1) is 33.6.